The second-order valence-corrected chi connectivity index (χ2v) is 5.04. The molecule has 0 aromatic rings. The summed E-state index contributed by atoms with van der Waals surface area (Å²) in [5.41, 5.74) is 0.183. The maximum atomic E-state index is 10.6. The number of rotatable bonds is 6. The molecule has 0 amide bonds. The minimum absolute atomic E-state index is 0. The minimum atomic E-state index is -5.65. The lowest BCUT2D eigenvalue weighted by Crippen LogP contribution is -2.19. The van der Waals surface area contributed by atoms with Crippen molar-refractivity contribution in [3.63, 3.8) is 0 Å². The summed E-state index contributed by atoms with van der Waals surface area (Å²) in [7, 11) is -10.8. The average molecular weight is 311 g/mol. The molecule has 0 heterocycles. The number of hydrogen-bond acceptors (Lipinski definition) is 8. The van der Waals surface area contributed by atoms with Gasteiger partial charge in [-0.3, -0.25) is 13.7 Å². The van der Waals surface area contributed by atoms with Gasteiger partial charge in [0.2, 0.25) is 0 Å². The first-order valence-electron chi connectivity index (χ1n) is 3.47. The smallest absolute Gasteiger partial charge is 0.272 e. The lowest BCUT2D eigenvalue weighted by Gasteiger charge is -2.34. The predicted molar refractivity (Wildman–Crippen MR) is 60.0 cm³/mol. The molecule has 0 spiro atoms. The highest BCUT2D eigenvalue weighted by molar-refractivity contribution is 7.58. The summed E-state index contributed by atoms with van der Waals surface area (Å²) in [5.74, 6) is 0. The molecule has 0 fully saturated rings. The fourth-order valence-corrected chi connectivity index (χ4v) is 1.88. The molecule has 18 heavy (non-hydrogen) atoms. The van der Waals surface area contributed by atoms with Gasteiger partial charge < -0.3 is 42.2 Å². The van der Waals surface area contributed by atoms with Crippen LogP contribution >= 0.6 is 15.6 Å². The van der Waals surface area contributed by atoms with Crippen LogP contribution < -0.4 is 33.1 Å². The molecular formula is C5H19N3O8P2. The Bertz CT molecular complexity index is 353. The zero-order chi connectivity index (χ0) is 12.1. The number of aldehydes is 1. The fraction of sp³-hybridized carbons (Fsp3) is 0.400. The predicted octanol–water partition coefficient (Wildman–Crippen LogP) is -0.409. The van der Waals surface area contributed by atoms with Crippen LogP contribution in [0.4, 0.5) is 0 Å². The van der Waals surface area contributed by atoms with Gasteiger partial charge in [0.1, 0.15) is 6.29 Å². The van der Waals surface area contributed by atoms with E-state index in [1.54, 1.807) is 0 Å². The lowest BCUT2D eigenvalue weighted by molar-refractivity contribution is -0.339. The number of allylic oxidation sites excluding steroid dienone is 1. The largest absolute Gasteiger partial charge is 0.790 e. The number of phosphoric ester groups is 1. The van der Waals surface area contributed by atoms with Crippen LogP contribution in [0.5, 0.6) is 0 Å². The van der Waals surface area contributed by atoms with E-state index in [1.807, 2.05) is 0 Å². The molecule has 11 nitrogen and oxygen atoms in total. The lowest BCUT2D eigenvalue weighted by atomic mass is 10.3. The number of carbonyl (C=O) groups is 1. The molecule has 1 unspecified atom stereocenters. The van der Waals surface area contributed by atoms with E-state index in [2.05, 4.69) is 8.83 Å². The molecule has 0 aliphatic carbocycles. The first-order chi connectivity index (χ1) is 6.66. The highest BCUT2D eigenvalue weighted by Crippen LogP contribution is 2.50. The normalized spacial score (nSPS) is 14.3. The second kappa shape index (κ2) is 10.5. The van der Waals surface area contributed by atoms with E-state index >= 15 is 0 Å². The van der Waals surface area contributed by atoms with Crippen molar-refractivity contribution in [1.29, 1.82) is 0 Å². The van der Waals surface area contributed by atoms with E-state index in [-0.39, 0.29) is 24.0 Å². The van der Waals surface area contributed by atoms with Gasteiger partial charge >= 0.3 is 0 Å². The molecule has 112 valence electrons. The van der Waals surface area contributed by atoms with Gasteiger partial charge in [0, 0.05) is 0 Å². The van der Waals surface area contributed by atoms with Crippen molar-refractivity contribution >= 4 is 21.9 Å². The van der Waals surface area contributed by atoms with Gasteiger partial charge in [-0.05, 0) is 12.5 Å². The van der Waals surface area contributed by atoms with E-state index in [4.69, 9.17) is 0 Å². The maximum Gasteiger partial charge on any atom is 0.272 e. The maximum absolute atomic E-state index is 10.6. The molecule has 0 aromatic carbocycles. The van der Waals surface area contributed by atoms with Crippen molar-refractivity contribution in [2.24, 2.45) is 0 Å². The fourth-order valence-electron chi connectivity index (χ4n) is 0.454. The summed E-state index contributed by atoms with van der Waals surface area (Å²) in [4.78, 5) is 40.5. The first kappa shape index (κ1) is 26.2. The highest BCUT2D eigenvalue weighted by atomic mass is 31.3. The van der Waals surface area contributed by atoms with Crippen LogP contribution in [-0.2, 0) is 22.8 Å². The van der Waals surface area contributed by atoms with Gasteiger partial charge in [0.15, 0.2) is 0 Å². The van der Waals surface area contributed by atoms with Crippen LogP contribution in [-0.4, -0.2) is 12.9 Å². The van der Waals surface area contributed by atoms with Crippen molar-refractivity contribution in [2.45, 2.75) is 6.92 Å². The Morgan fingerprint density at radius 3 is 1.94 bits per heavy atom. The number of quaternary nitrogens is 3. The van der Waals surface area contributed by atoms with Gasteiger partial charge in [-0.1, -0.05) is 6.08 Å². The van der Waals surface area contributed by atoms with Gasteiger partial charge in [0.25, 0.3) is 7.82 Å². The van der Waals surface area contributed by atoms with Crippen LogP contribution in [0.25, 0.3) is 0 Å². The van der Waals surface area contributed by atoms with Gasteiger partial charge in [-0.15, -0.1) is 0 Å². The second-order valence-electron chi connectivity index (χ2n) is 2.34. The Morgan fingerprint density at radius 2 is 1.61 bits per heavy atom. The minimum Gasteiger partial charge on any atom is -0.790 e. The zero-order valence-electron chi connectivity index (χ0n) is 10.5. The molecule has 0 saturated carbocycles. The molecule has 12 N–H and O–H groups in total. The Hall–Kier alpha value is -0.450. The zero-order valence-corrected chi connectivity index (χ0v) is 12.3. The standard InChI is InChI=1S/C5H10O8P2.3H3N/c1-5(4-6)2-3-12-15(10,11)13-14(7,8)9;;;/h2,4H,3H2,1H3,(H,10,11)(H2,7,8,9);3*1H3/b5-2+;;;. The van der Waals surface area contributed by atoms with Crippen LogP contribution in [0, 0.1) is 0 Å². The van der Waals surface area contributed by atoms with Gasteiger partial charge in [-0.25, -0.2) is 0 Å². The van der Waals surface area contributed by atoms with Crippen molar-refractivity contribution in [2.75, 3.05) is 6.61 Å². The van der Waals surface area contributed by atoms with E-state index in [9.17, 15) is 28.6 Å². The molecule has 0 saturated heterocycles. The quantitative estimate of drug-likeness (QED) is 0.329. The molecule has 0 aliphatic heterocycles. The molecule has 0 rings (SSSR count). The monoisotopic (exact) mass is 311 g/mol. The Morgan fingerprint density at radius 1 is 1.17 bits per heavy atom. The van der Waals surface area contributed by atoms with Crippen molar-refractivity contribution < 1.29 is 37.4 Å². The Kier molecular flexibility index (Phi) is 15.2. The summed E-state index contributed by atoms with van der Waals surface area (Å²) in [6, 6.07) is 0. The molecule has 0 bridgehead atoms. The summed E-state index contributed by atoms with van der Waals surface area (Å²) >= 11 is 0. The van der Waals surface area contributed by atoms with E-state index in [0.717, 1.165) is 6.08 Å². The first-order valence-corrected chi connectivity index (χ1v) is 6.39. The Balaban J connectivity index is -0.000000327. The molecular weight excluding hydrogens is 292 g/mol. The van der Waals surface area contributed by atoms with Crippen LogP contribution in [0.3, 0.4) is 0 Å². The summed E-state index contributed by atoms with van der Waals surface area (Å²) in [5, 5.41) is 0. The molecule has 0 radical (unpaired) electrons. The highest BCUT2D eigenvalue weighted by Gasteiger charge is 2.10. The number of phosphoric acid groups is 2. The van der Waals surface area contributed by atoms with Crippen LogP contribution in [0.1, 0.15) is 6.92 Å². The van der Waals surface area contributed by atoms with Crippen molar-refractivity contribution in [3.05, 3.63) is 11.6 Å². The molecule has 13 heteroatoms. The van der Waals surface area contributed by atoms with Crippen molar-refractivity contribution in [3.8, 4) is 0 Å². The molecule has 0 aromatic heterocycles. The summed E-state index contributed by atoms with van der Waals surface area (Å²) in [6.45, 7) is 0.782. The third kappa shape index (κ3) is 15.6. The van der Waals surface area contributed by atoms with E-state index < -0.39 is 22.3 Å². The third-order valence-electron chi connectivity index (χ3n) is 1.02. The SMILES string of the molecule is C/C(C=O)=C\COP(=O)([O-])OP(=O)([O-])[O-].[NH4+].[NH4+].[NH4+]. The topological polar surface area (TPSA) is 248 Å². The van der Waals surface area contributed by atoms with Crippen LogP contribution in [0.15, 0.2) is 11.6 Å². The van der Waals surface area contributed by atoms with E-state index in [1.165, 1.54) is 6.92 Å². The summed E-state index contributed by atoms with van der Waals surface area (Å²) < 4.78 is 27.6. The Labute approximate surface area is 104 Å². The van der Waals surface area contributed by atoms with Crippen LogP contribution in [0.2, 0.25) is 0 Å². The summed E-state index contributed by atoms with van der Waals surface area (Å²) in [6.07, 6.45) is 1.51. The number of hydrogen-bond donors (Lipinski definition) is 3. The molecule has 0 aliphatic rings. The van der Waals surface area contributed by atoms with E-state index in [0.29, 0.717) is 6.29 Å². The molecule has 1 atom stereocenters. The van der Waals surface area contributed by atoms with Crippen molar-refractivity contribution in [1.82, 2.24) is 18.5 Å². The average Bonchev–Trinajstić information content (AvgIpc) is 1.98. The third-order valence-corrected chi connectivity index (χ3v) is 3.09. The van der Waals surface area contributed by atoms with Gasteiger partial charge in [-0.2, -0.15) is 0 Å². The van der Waals surface area contributed by atoms with Gasteiger partial charge in [0.05, 0.1) is 14.4 Å². The number of carbonyl (C=O) groups excluding carboxylic acids is 1.